The van der Waals surface area contributed by atoms with E-state index < -0.39 is 6.10 Å². The Morgan fingerprint density at radius 1 is 1.00 bits per heavy atom. The van der Waals surface area contributed by atoms with Gasteiger partial charge in [0.15, 0.2) is 0 Å². The number of aromatic hydroxyl groups is 1. The highest BCUT2D eigenvalue weighted by Gasteiger charge is 2.44. The second-order valence-corrected chi connectivity index (χ2v) is 9.58. The first-order valence-electron chi connectivity index (χ1n) is 9.68. The van der Waals surface area contributed by atoms with E-state index in [0.29, 0.717) is 17.3 Å². The highest BCUT2D eigenvalue weighted by molar-refractivity contribution is 8.00. The normalized spacial score (nSPS) is 27.4. The van der Waals surface area contributed by atoms with E-state index in [9.17, 15) is 10.2 Å². The number of phenolic OH excluding ortho intramolecular Hbond substituents is 1. The lowest BCUT2D eigenvalue weighted by Crippen LogP contribution is -2.50. The summed E-state index contributed by atoms with van der Waals surface area (Å²) in [6, 6.07) is 16.2. The lowest BCUT2D eigenvalue weighted by molar-refractivity contribution is 0.0115. The van der Waals surface area contributed by atoms with Gasteiger partial charge < -0.3 is 10.2 Å². The molecular weight excluding hydrogens is 378 g/mol. The molecule has 144 valence electrons. The minimum atomic E-state index is -0.533. The Hall–Kier alpha value is -1.20. The van der Waals surface area contributed by atoms with Crippen molar-refractivity contribution in [3.8, 4) is 5.75 Å². The number of hydrogen-bond donors (Lipinski definition) is 2. The van der Waals surface area contributed by atoms with Gasteiger partial charge in [-0.25, -0.2) is 0 Å². The number of aliphatic hydroxyl groups excluding tert-OH is 1. The predicted molar refractivity (Wildman–Crippen MR) is 112 cm³/mol. The molecule has 2 unspecified atom stereocenters. The van der Waals surface area contributed by atoms with E-state index in [-0.39, 0.29) is 11.8 Å². The van der Waals surface area contributed by atoms with Crippen molar-refractivity contribution in [3.05, 3.63) is 59.1 Å². The van der Waals surface area contributed by atoms with Gasteiger partial charge in [-0.15, -0.1) is 11.8 Å². The van der Waals surface area contributed by atoms with Gasteiger partial charge in [-0.05, 0) is 74.6 Å². The number of hydrogen-bond acceptors (Lipinski definition) is 4. The fourth-order valence-corrected chi connectivity index (χ4v) is 6.18. The van der Waals surface area contributed by atoms with Crippen molar-refractivity contribution in [1.82, 2.24) is 4.90 Å². The van der Waals surface area contributed by atoms with Crippen LogP contribution in [0, 0.1) is 0 Å². The van der Waals surface area contributed by atoms with Gasteiger partial charge in [0.25, 0.3) is 0 Å². The van der Waals surface area contributed by atoms with Crippen LogP contribution in [0.1, 0.15) is 44.3 Å². The zero-order valence-corrected chi connectivity index (χ0v) is 17.0. The smallest absolute Gasteiger partial charge is 0.115 e. The molecule has 0 spiro atoms. The Morgan fingerprint density at radius 2 is 1.59 bits per heavy atom. The summed E-state index contributed by atoms with van der Waals surface area (Å²) < 4.78 is 0. The summed E-state index contributed by atoms with van der Waals surface area (Å²) in [5.41, 5.74) is 0.873. The van der Waals surface area contributed by atoms with E-state index >= 15 is 0 Å². The van der Waals surface area contributed by atoms with Crippen LogP contribution in [0.4, 0.5) is 0 Å². The molecule has 0 aromatic heterocycles. The van der Waals surface area contributed by atoms with E-state index in [1.807, 2.05) is 36.0 Å². The highest BCUT2D eigenvalue weighted by atomic mass is 35.5. The molecule has 2 saturated heterocycles. The predicted octanol–water partition coefficient (Wildman–Crippen LogP) is 5.26. The summed E-state index contributed by atoms with van der Waals surface area (Å²) in [4.78, 5) is 3.84. The third kappa shape index (κ3) is 4.14. The van der Waals surface area contributed by atoms with E-state index in [1.165, 1.54) is 17.7 Å². The summed E-state index contributed by atoms with van der Waals surface area (Å²) in [7, 11) is 0. The maximum absolute atomic E-state index is 10.9. The average Bonchev–Trinajstić information content (AvgIpc) is 2.93. The Balaban J connectivity index is 1.42. The molecule has 2 N–H and O–H groups in total. The maximum atomic E-state index is 10.9. The summed E-state index contributed by atoms with van der Waals surface area (Å²) in [6.45, 7) is 2.13. The van der Waals surface area contributed by atoms with Crippen LogP contribution in [0.3, 0.4) is 0 Å². The summed E-state index contributed by atoms with van der Waals surface area (Å²) in [5, 5.41) is 21.8. The van der Waals surface area contributed by atoms with Gasteiger partial charge in [0, 0.05) is 33.3 Å². The van der Waals surface area contributed by atoms with Crippen molar-refractivity contribution < 1.29 is 10.2 Å². The van der Waals surface area contributed by atoms with Gasteiger partial charge >= 0.3 is 0 Å². The molecule has 2 aliphatic heterocycles. The SMILES string of the molecule is C[C@H]([C@@H](O)c1ccc(O)cc1)N1C2CCC1CC(Sc1ccc(Cl)cc1)C2. The van der Waals surface area contributed by atoms with Gasteiger partial charge in [0.2, 0.25) is 0 Å². The molecule has 2 aromatic rings. The van der Waals surface area contributed by atoms with Crippen LogP contribution in [0.25, 0.3) is 0 Å². The van der Waals surface area contributed by atoms with Crippen LogP contribution in [-0.2, 0) is 0 Å². The Morgan fingerprint density at radius 3 is 2.19 bits per heavy atom. The first kappa shape index (κ1) is 19.1. The molecule has 2 aliphatic rings. The zero-order valence-electron chi connectivity index (χ0n) is 15.5. The van der Waals surface area contributed by atoms with Crippen LogP contribution < -0.4 is 0 Å². The quantitative estimate of drug-likeness (QED) is 0.715. The molecule has 0 amide bonds. The topological polar surface area (TPSA) is 43.7 Å². The fourth-order valence-electron chi connectivity index (χ4n) is 4.74. The van der Waals surface area contributed by atoms with Gasteiger partial charge in [0.1, 0.15) is 5.75 Å². The number of thioether (sulfide) groups is 1. The Bertz CT molecular complexity index is 753. The van der Waals surface area contributed by atoms with Crippen molar-refractivity contribution in [2.45, 2.75) is 67.0 Å². The standard InChI is InChI=1S/C22H26ClNO2S/c1-14(22(26)15-2-8-19(25)9-3-15)24-17-6-7-18(24)13-21(12-17)27-20-10-4-16(23)5-11-20/h2-5,8-11,14,17-18,21-22,25-26H,6-7,12-13H2,1H3/t14-,17?,18?,21?,22-/m1/s1. The number of halogens is 1. The van der Waals surface area contributed by atoms with Crippen LogP contribution in [0.2, 0.25) is 5.02 Å². The molecule has 0 radical (unpaired) electrons. The number of fused-ring (bicyclic) bond motifs is 2. The maximum Gasteiger partial charge on any atom is 0.115 e. The van der Waals surface area contributed by atoms with Crippen LogP contribution in [-0.4, -0.2) is 38.5 Å². The number of rotatable bonds is 5. The molecule has 2 fully saturated rings. The molecule has 2 aromatic carbocycles. The van der Waals surface area contributed by atoms with Gasteiger partial charge in [-0.3, -0.25) is 4.90 Å². The van der Waals surface area contributed by atoms with Crippen molar-refractivity contribution in [2.24, 2.45) is 0 Å². The first-order valence-corrected chi connectivity index (χ1v) is 10.9. The van der Waals surface area contributed by atoms with Crippen LogP contribution in [0.5, 0.6) is 5.75 Å². The molecule has 4 rings (SSSR count). The number of benzene rings is 2. The van der Waals surface area contributed by atoms with Crippen molar-refractivity contribution >= 4 is 23.4 Å². The van der Waals surface area contributed by atoms with Crippen molar-refractivity contribution in [3.63, 3.8) is 0 Å². The zero-order chi connectivity index (χ0) is 19.0. The monoisotopic (exact) mass is 403 g/mol. The van der Waals surface area contributed by atoms with Crippen molar-refractivity contribution in [2.75, 3.05) is 0 Å². The molecule has 5 heteroatoms. The summed E-state index contributed by atoms with van der Waals surface area (Å²) in [5.74, 6) is 0.235. The molecule has 0 saturated carbocycles. The minimum Gasteiger partial charge on any atom is -0.508 e. The first-order chi connectivity index (χ1) is 13.0. The Labute approximate surface area is 170 Å². The lowest BCUT2D eigenvalue weighted by atomic mass is 9.95. The third-order valence-corrected chi connectivity index (χ3v) is 7.54. The van der Waals surface area contributed by atoms with Gasteiger partial charge in [-0.2, -0.15) is 0 Å². The second kappa shape index (κ2) is 8.04. The molecule has 4 atom stereocenters. The molecular formula is C22H26ClNO2S. The van der Waals surface area contributed by atoms with Crippen LogP contribution >= 0.6 is 23.4 Å². The van der Waals surface area contributed by atoms with Crippen LogP contribution in [0.15, 0.2) is 53.4 Å². The lowest BCUT2D eigenvalue weighted by Gasteiger charge is -2.43. The second-order valence-electron chi connectivity index (χ2n) is 7.77. The number of phenols is 1. The van der Waals surface area contributed by atoms with Gasteiger partial charge in [-0.1, -0.05) is 23.7 Å². The Kier molecular flexibility index (Phi) is 5.70. The van der Waals surface area contributed by atoms with Crippen molar-refractivity contribution in [1.29, 1.82) is 0 Å². The number of nitrogens with zero attached hydrogens (tertiary/aromatic N) is 1. The molecule has 0 aliphatic carbocycles. The number of aliphatic hydroxyl groups is 1. The minimum absolute atomic E-state index is 0.0773. The molecule has 3 nitrogen and oxygen atoms in total. The largest absolute Gasteiger partial charge is 0.508 e. The van der Waals surface area contributed by atoms with E-state index in [1.54, 1.807) is 12.1 Å². The third-order valence-electron chi connectivity index (χ3n) is 6.02. The highest BCUT2D eigenvalue weighted by Crippen LogP contribution is 2.44. The van der Waals surface area contributed by atoms with E-state index in [2.05, 4.69) is 24.0 Å². The van der Waals surface area contributed by atoms with E-state index in [0.717, 1.165) is 23.4 Å². The summed E-state index contributed by atoms with van der Waals surface area (Å²) >= 11 is 7.97. The average molecular weight is 404 g/mol. The molecule has 27 heavy (non-hydrogen) atoms. The molecule has 2 heterocycles. The molecule has 2 bridgehead atoms. The van der Waals surface area contributed by atoms with Gasteiger partial charge in [0.05, 0.1) is 6.10 Å². The summed E-state index contributed by atoms with van der Waals surface area (Å²) in [6.07, 6.45) is 4.23. The fraction of sp³-hybridized carbons (Fsp3) is 0.455. The number of piperidine rings is 1. The van der Waals surface area contributed by atoms with E-state index in [4.69, 9.17) is 11.6 Å².